The van der Waals surface area contributed by atoms with E-state index in [4.69, 9.17) is 5.73 Å². The maximum Gasteiger partial charge on any atom is 0.255 e. The molecule has 0 fully saturated rings. The zero-order chi connectivity index (χ0) is 16.6. The molecule has 122 valence electrons. The molecule has 2 aromatic rings. The van der Waals surface area contributed by atoms with Gasteiger partial charge in [0.2, 0.25) is 5.95 Å². The van der Waals surface area contributed by atoms with Crippen molar-refractivity contribution in [3.63, 3.8) is 0 Å². The van der Waals surface area contributed by atoms with Gasteiger partial charge in [-0.3, -0.25) is 9.69 Å². The van der Waals surface area contributed by atoms with Crippen LogP contribution < -0.4 is 11.3 Å². The molecule has 0 aliphatic carbocycles. The highest BCUT2D eigenvalue weighted by molar-refractivity contribution is 5.23. The van der Waals surface area contributed by atoms with E-state index in [1.165, 1.54) is 0 Å². The van der Waals surface area contributed by atoms with E-state index < -0.39 is 0 Å². The Hall–Kier alpha value is -2.28. The number of fused-ring (bicyclic) bond motifs is 1. The fraction of sp³-hybridized carbons (Fsp3) is 0.500. The predicted octanol–water partition coefficient (Wildman–Crippen LogP) is 0.998. The summed E-state index contributed by atoms with van der Waals surface area (Å²) < 4.78 is 0. The predicted molar refractivity (Wildman–Crippen MR) is 87.8 cm³/mol. The third-order valence-corrected chi connectivity index (χ3v) is 3.99. The highest BCUT2D eigenvalue weighted by atomic mass is 16.1. The largest absolute Gasteiger partial charge is 0.368 e. The molecular weight excluding hydrogens is 292 g/mol. The van der Waals surface area contributed by atoms with E-state index in [-0.39, 0.29) is 16.9 Å². The van der Waals surface area contributed by atoms with Crippen LogP contribution in [0.4, 0.5) is 5.95 Å². The molecule has 2 aromatic heterocycles. The van der Waals surface area contributed by atoms with Gasteiger partial charge in [0.05, 0.1) is 11.3 Å². The van der Waals surface area contributed by atoms with Gasteiger partial charge < -0.3 is 10.7 Å². The van der Waals surface area contributed by atoms with Crippen LogP contribution in [-0.4, -0.2) is 31.4 Å². The summed E-state index contributed by atoms with van der Waals surface area (Å²) in [5.41, 5.74) is 7.98. The third kappa shape index (κ3) is 3.39. The van der Waals surface area contributed by atoms with Crippen LogP contribution in [0.5, 0.6) is 0 Å². The molecule has 0 bridgehead atoms. The average Bonchev–Trinajstić information content (AvgIpc) is 2.49. The fourth-order valence-corrected chi connectivity index (χ4v) is 2.68. The lowest BCUT2D eigenvalue weighted by atomic mass is 9.95. The van der Waals surface area contributed by atoms with Crippen molar-refractivity contribution in [2.45, 2.75) is 45.7 Å². The van der Waals surface area contributed by atoms with Gasteiger partial charge in [0.1, 0.15) is 5.82 Å². The first-order valence-electron chi connectivity index (χ1n) is 7.74. The number of nitrogens with one attached hydrogen (secondary N) is 1. The molecule has 0 unspecified atom stereocenters. The summed E-state index contributed by atoms with van der Waals surface area (Å²) in [6.45, 7) is 8.29. The minimum absolute atomic E-state index is 0.0295. The van der Waals surface area contributed by atoms with Crippen molar-refractivity contribution in [2.24, 2.45) is 0 Å². The molecule has 0 amide bonds. The van der Waals surface area contributed by atoms with Crippen LogP contribution in [0.25, 0.3) is 0 Å². The Morgan fingerprint density at radius 3 is 2.65 bits per heavy atom. The summed E-state index contributed by atoms with van der Waals surface area (Å²) in [4.78, 5) is 30.2. The zero-order valence-corrected chi connectivity index (χ0v) is 13.8. The van der Waals surface area contributed by atoms with E-state index in [0.717, 1.165) is 35.6 Å². The van der Waals surface area contributed by atoms with E-state index in [0.29, 0.717) is 13.1 Å². The smallest absolute Gasteiger partial charge is 0.255 e. The molecule has 1 aliphatic heterocycles. The molecule has 0 spiro atoms. The second kappa shape index (κ2) is 5.73. The number of H-pyrrole nitrogens is 1. The number of rotatable bonds is 2. The molecule has 0 saturated heterocycles. The Kier molecular flexibility index (Phi) is 3.89. The topological polar surface area (TPSA) is 101 Å². The van der Waals surface area contributed by atoms with Crippen LogP contribution in [0.3, 0.4) is 0 Å². The van der Waals surface area contributed by atoms with Gasteiger partial charge in [0.25, 0.3) is 5.56 Å². The minimum atomic E-state index is -0.160. The van der Waals surface area contributed by atoms with Crippen molar-refractivity contribution in [2.75, 3.05) is 12.3 Å². The van der Waals surface area contributed by atoms with Crippen LogP contribution in [0.2, 0.25) is 0 Å². The third-order valence-electron chi connectivity index (χ3n) is 3.99. The van der Waals surface area contributed by atoms with Crippen molar-refractivity contribution in [3.05, 3.63) is 45.4 Å². The van der Waals surface area contributed by atoms with Crippen LogP contribution in [-0.2, 0) is 24.9 Å². The molecule has 23 heavy (non-hydrogen) atoms. The lowest BCUT2D eigenvalue weighted by Gasteiger charge is -2.28. The van der Waals surface area contributed by atoms with Gasteiger partial charge >= 0.3 is 0 Å². The standard InChI is InChI=1S/C16H22N6O/c1-16(2,3)14-20-12-4-5-22(9-11(12)13(23)21-14)8-10-6-18-15(17)19-7-10/h6-7H,4-5,8-9H2,1-3H3,(H2,17,18,19)(H,20,21,23). The maximum absolute atomic E-state index is 12.4. The molecular formula is C16H22N6O. The molecule has 3 rings (SSSR count). The number of aromatic nitrogens is 4. The number of anilines is 1. The summed E-state index contributed by atoms with van der Waals surface area (Å²) >= 11 is 0. The first-order valence-corrected chi connectivity index (χ1v) is 7.74. The van der Waals surface area contributed by atoms with Gasteiger partial charge in [-0.05, 0) is 0 Å². The molecule has 7 nitrogen and oxygen atoms in total. The van der Waals surface area contributed by atoms with E-state index in [1.807, 2.05) is 20.8 Å². The lowest BCUT2D eigenvalue weighted by molar-refractivity contribution is 0.240. The zero-order valence-electron chi connectivity index (χ0n) is 13.8. The Labute approximate surface area is 135 Å². The molecule has 7 heteroatoms. The molecule has 0 aromatic carbocycles. The fourth-order valence-electron chi connectivity index (χ4n) is 2.68. The number of nitrogens with two attached hydrogens (primary N) is 1. The first kappa shape index (κ1) is 15.6. The average molecular weight is 314 g/mol. The molecule has 0 atom stereocenters. The summed E-state index contributed by atoms with van der Waals surface area (Å²) in [6.07, 6.45) is 4.23. The lowest BCUT2D eigenvalue weighted by Crippen LogP contribution is -2.37. The molecule has 3 heterocycles. The highest BCUT2D eigenvalue weighted by Gasteiger charge is 2.24. The van der Waals surface area contributed by atoms with Crippen LogP contribution in [0.15, 0.2) is 17.2 Å². The Morgan fingerprint density at radius 1 is 1.30 bits per heavy atom. The Morgan fingerprint density at radius 2 is 2.00 bits per heavy atom. The van der Waals surface area contributed by atoms with E-state index in [9.17, 15) is 4.79 Å². The van der Waals surface area contributed by atoms with Crippen LogP contribution >= 0.6 is 0 Å². The number of hydrogen-bond acceptors (Lipinski definition) is 6. The Bertz CT molecular complexity index is 760. The van der Waals surface area contributed by atoms with Crippen LogP contribution in [0.1, 0.15) is 43.4 Å². The minimum Gasteiger partial charge on any atom is -0.368 e. The SMILES string of the molecule is CC(C)(C)c1nc2c(c(=O)[nH]1)CN(Cc1cnc(N)nc1)CC2. The van der Waals surface area contributed by atoms with Crippen molar-refractivity contribution in [1.29, 1.82) is 0 Å². The van der Waals surface area contributed by atoms with Gasteiger partial charge in [0.15, 0.2) is 0 Å². The van der Waals surface area contributed by atoms with Crippen molar-refractivity contribution >= 4 is 5.95 Å². The summed E-state index contributed by atoms with van der Waals surface area (Å²) in [6, 6.07) is 0. The molecule has 3 N–H and O–H groups in total. The number of nitrogen functional groups attached to an aromatic ring is 1. The van der Waals surface area contributed by atoms with Gasteiger partial charge in [-0.1, -0.05) is 20.8 Å². The normalized spacial score (nSPS) is 15.4. The van der Waals surface area contributed by atoms with E-state index in [2.05, 4.69) is 24.8 Å². The van der Waals surface area contributed by atoms with E-state index >= 15 is 0 Å². The highest BCUT2D eigenvalue weighted by Crippen LogP contribution is 2.21. The molecule has 0 saturated carbocycles. The summed E-state index contributed by atoms with van der Waals surface area (Å²) in [7, 11) is 0. The quantitative estimate of drug-likeness (QED) is 0.857. The van der Waals surface area contributed by atoms with Crippen molar-refractivity contribution in [1.82, 2.24) is 24.8 Å². The number of hydrogen-bond donors (Lipinski definition) is 2. The van der Waals surface area contributed by atoms with Gasteiger partial charge in [-0.25, -0.2) is 15.0 Å². The number of aromatic amines is 1. The monoisotopic (exact) mass is 314 g/mol. The first-order chi connectivity index (χ1) is 10.8. The second-order valence-electron chi connectivity index (χ2n) is 7.00. The van der Waals surface area contributed by atoms with E-state index in [1.54, 1.807) is 12.4 Å². The summed E-state index contributed by atoms with van der Waals surface area (Å²) in [5.74, 6) is 1.02. The van der Waals surface area contributed by atoms with Gasteiger partial charge in [-0.2, -0.15) is 0 Å². The van der Waals surface area contributed by atoms with Gasteiger partial charge in [0, 0.05) is 49.4 Å². The van der Waals surface area contributed by atoms with Gasteiger partial charge in [-0.15, -0.1) is 0 Å². The van der Waals surface area contributed by atoms with Crippen molar-refractivity contribution in [3.8, 4) is 0 Å². The maximum atomic E-state index is 12.4. The molecule has 0 radical (unpaired) electrons. The Balaban J connectivity index is 1.81. The summed E-state index contributed by atoms with van der Waals surface area (Å²) in [5, 5.41) is 0. The molecule has 1 aliphatic rings. The van der Waals surface area contributed by atoms with Crippen molar-refractivity contribution < 1.29 is 0 Å². The second-order valence-corrected chi connectivity index (χ2v) is 7.00. The van der Waals surface area contributed by atoms with Crippen LogP contribution in [0, 0.1) is 0 Å². The number of nitrogens with zero attached hydrogens (tertiary/aromatic N) is 4.